The fourth-order valence-electron chi connectivity index (χ4n) is 3.04. The second-order valence-corrected chi connectivity index (χ2v) is 7.17. The summed E-state index contributed by atoms with van der Waals surface area (Å²) in [5.41, 5.74) is 0.437. The molecule has 0 bridgehead atoms. The molecule has 2 aliphatic rings. The number of ether oxygens (including phenoxy) is 1. The van der Waals surface area contributed by atoms with Crippen molar-refractivity contribution in [3.63, 3.8) is 0 Å². The van der Waals surface area contributed by atoms with E-state index < -0.39 is 18.2 Å². The second-order valence-electron chi connectivity index (χ2n) is 6.73. The molecule has 0 N–H and O–H groups in total. The van der Waals surface area contributed by atoms with Crippen LogP contribution in [-0.2, 0) is 4.74 Å². The molecule has 1 atom stereocenters. The normalized spacial score (nSPS) is 18.4. The van der Waals surface area contributed by atoms with Gasteiger partial charge in [0.15, 0.2) is 5.69 Å². The van der Waals surface area contributed by atoms with E-state index in [1.807, 2.05) is 14.0 Å². The number of piperazine rings is 1. The highest BCUT2D eigenvalue weighted by Crippen LogP contribution is 2.35. The number of carbonyl (C=O) groups excluding carboxylic acids is 2. The molecule has 10 heteroatoms. The maximum absolute atomic E-state index is 12.8. The molecule has 158 valence electrons. The van der Waals surface area contributed by atoms with Crippen LogP contribution in [-0.4, -0.2) is 70.0 Å². The number of anilines is 1. The maximum Gasteiger partial charge on any atom is 0.412 e. The van der Waals surface area contributed by atoms with E-state index in [4.69, 9.17) is 16.3 Å². The van der Waals surface area contributed by atoms with Gasteiger partial charge in [0.05, 0.1) is 5.02 Å². The van der Waals surface area contributed by atoms with Crippen molar-refractivity contribution in [3.05, 3.63) is 59.8 Å². The number of halogens is 1. The van der Waals surface area contributed by atoms with Crippen LogP contribution in [0.3, 0.4) is 0 Å². The minimum Gasteiger partial charge on any atom is -0.419 e. The van der Waals surface area contributed by atoms with E-state index in [1.165, 1.54) is 23.5 Å². The van der Waals surface area contributed by atoms with Crippen LogP contribution in [0.4, 0.5) is 10.6 Å². The molecule has 1 fully saturated rings. The van der Waals surface area contributed by atoms with Crippen LogP contribution in [0.15, 0.2) is 43.4 Å². The van der Waals surface area contributed by atoms with Gasteiger partial charge in [0.1, 0.15) is 11.5 Å². The van der Waals surface area contributed by atoms with E-state index in [9.17, 15) is 9.59 Å². The number of hydrogen-bond acceptors (Lipinski definition) is 7. The number of rotatable bonds is 2. The molecule has 0 spiro atoms. The lowest BCUT2D eigenvalue weighted by molar-refractivity contribution is 0.0476. The quantitative estimate of drug-likeness (QED) is 0.676. The van der Waals surface area contributed by atoms with Crippen LogP contribution in [0, 0.1) is 0 Å². The summed E-state index contributed by atoms with van der Waals surface area (Å²) in [5.74, 6) is -0.121. The number of aromatic nitrogens is 3. The van der Waals surface area contributed by atoms with Gasteiger partial charge in [-0.15, -0.1) is 6.58 Å². The number of carbonyl (C=O) groups is 2. The fraction of sp³-hybridized carbons (Fsp3) is 0.350. The first-order chi connectivity index (χ1) is 14.5. The standard InChI is InChI=1S/C17H17ClN6O3.C3H6/c1-22-6-8-23(9-7-22)17(26)27-16-14-13(19-4-5-20-14)15(25)24(16)12-3-2-11(18)10-21-12;1-3-2/h2-5,10,16H,6-9H2,1H3;3H,1H2,2H3. The first kappa shape index (κ1) is 21.7. The van der Waals surface area contributed by atoms with Crippen molar-refractivity contribution < 1.29 is 14.3 Å². The summed E-state index contributed by atoms with van der Waals surface area (Å²) >= 11 is 5.89. The van der Waals surface area contributed by atoms with Gasteiger partial charge in [-0.3, -0.25) is 9.78 Å². The van der Waals surface area contributed by atoms with E-state index in [2.05, 4.69) is 26.4 Å². The fourth-order valence-corrected chi connectivity index (χ4v) is 3.15. The van der Waals surface area contributed by atoms with Crippen molar-refractivity contribution in [2.45, 2.75) is 13.2 Å². The third kappa shape index (κ3) is 4.58. The molecule has 2 amide bonds. The van der Waals surface area contributed by atoms with Gasteiger partial charge >= 0.3 is 6.09 Å². The lowest BCUT2D eigenvalue weighted by Gasteiger charge is -2.33. The zero-order chi connectivity index (χ0) is 21.7. The van der Waals surface area contributed by atoms with Crippen LogP contribution >= 0.6 is 11.6 Å². The van der Waals surface area contributed by atoms with Crippen molar-refractivity contribution in [1.82, 2.24) is 24.8 Å². The Kier molecular flexibility index (Phi) is 6.96. The van der Waals surface area contributed by atoms with Crippen LogP contribution < -0.4 is 4.90 Å². The summed E-state index contributed by atoms with van der Waals surface area (Å²) in [5, 5.41) is 0.435. The van der Waals surface area contributed by atoms with E-state index >= 15 is 0 Å². The lowest BCUT2D eigenvalue weighted by Crippen LogP contribution is -2.48. The Hall–Kier alpha value is -3.04. The molecular formula is C20H23ClN6O3. The molecule has 2 aromatic heterocycles. The van der Waals surface area contributed by atoms with Crippen molar-refractivity contribution in [3.8, 4) is 0 Å². The summed E-state index contributed by atoms with van der Waals surface area (Å²) in [6.07, 6.45) is 4.53. The average Bonchev–Trinajstić information content (AvgIpc) is 3.02. The van der Waals surface area contributed by atoms with Crippen molar-refractivity contribution in [1.29, 1.82) is 0 Å². The highest BCUT2D eigenvalue weighted by molar-refractivity contribution is 6.30. The first-order valence-corrected chi connectivity index (χ1v) is 9.81. The predicted molar refractivity (Wildman–Crippen MR) is 112 cm³/mol. The van der Waals surface area contributed by atoms with Crippen molar-refractivity contribution in [2.24, 2.45) is 0 Å². The van der Waals surface area contributed by atoms with Crippen molar-refractivity contribution >= 4 is 29.4 Å². The molecule has 0 radical (unpaired) electrons. The zero-order valence-corrected chi connectivity index (χ0v) is 17.6. The molecule has 0 saturated carbocycles. The van der Waals surface area contributed by atoms with E-state index in [0.29, 0.717) is 29.6 Å². The molecule has 1 saturated heterocycles. The minimum atomic E-state index is -1.03. The molecule has 4 heterocycles. The summed E-state index contributed by atoms with van der Waals surface area (Å²) in [6, 6.07) is 3.20. The Morgan fingerprint density at radius 3 is 2.50 bits per heavy atom. The molecule has 9 nitrogen and oxygen atoms in total. The van der Waals surface area contributed by atoms with E-state index in [-0.39, 0.29) is 5.69 Å². The number of likely N-dealkylation sites (N-methyl/N-ethyl adjacent to an activating group) is 1. The van der Waals surface area contributed by atoms with Gasteiger partial charge in [0.25, 0.3) is 5.91 Å². The Morgan fingerprint density at radius 1 is 1.20 bits per heavy atom. The van der Waals surface area contributed by atoms with Crippen LogP contribution in [0.25, 0.3) is 0 Å². The molecule has 2 aromatic rings. The third-order valence-electron chi connectivity index (χ3n) is 4.55. The topological polar surface area (TPSA) is 91.8 Å². The number of pyridine rings is 1. The van der Waals surface area contributed by atoms with Gasteiger partial charge in [-0.2, -0.15) is 0 Å². The molecule has 1 unspecified atom stereocenters. The summed E-state index contributed by atoms with van der Waals surface area (Å²) in [7, 11) is 2.00. The number of nitrogens with zero attached hydrogens (tertiary/aromatic N) is 6. The second kappa shape index (κ2) is 9.64. The molecule has 0 aliphatic carbocycles. The lowest BCUT2D eigenvalue weighted by atomic mass is 10.3. The summed E-state index contributed by atoms with van der Waals surface area (Å²) in [4.78, 5) is 43.0. The van der Waals surface area contributed by atoms with Gasteiger partial charge in [0, 0.05) is 44.8 Å². The van der Waals surface area contributed by atoms with Crippen LogP contribution in [0.2, 0.25) is 5.02 Å². The molecule has 0 aromatic carbocycles. The Morgan fingerprint density at radius 2 is 1.87 bits per heavy atom. The highest BCUT2D eigenvalue weighted by Gasteiger charge is 2.44. The number of amides is 2. The van der Waals surface area contributed by atoms with Crippen molar-refractivity contribution in [2.75, 3.05) is 38.1 Å². The van der Waals surface area contributed by atoms with Gasteiger partial charge in [-0.05, 0) is 26.1 Å². The molecule has 4 rings (SSSR count). The Bertz CT molecular complexity index is 915. The predicted octanol–water partition coefficient (Wildman–Crippen LogP) is 2.76. The van der Waals surface area contributed by atoms with Gasteiger partial charge in [0.2, 0.25) is 6.23 Å². The molecule has 30 heavy (non-hydrogen) atoms. The third-order valence-corrected chi connectivity index (χ3v) is 4.77. The molecule has 2 aliphatic heterocycles. The number of fused-ring (bicyclic) bond motifs is 1. The van der Waals surface area contributed by atoms with Gasteiger partial charge < -0.3 is 14.5 Å². The number of allylic oxidation sites excluding steroid dienone is 1. The monoisotopic (exact) mass is 430 g/mol. The highest BCUT2D eigenvalue weighted by atomic mass is 35.5. The maximum atomic E-state index is 12.8. The molecular weight excluding hydrogens is 408 g/mol. The minimum absolute atomic E-state index is 0.144. The van der Waals surface area contributed by atoms with Crippen LogP contribution in [0.1, 0.15) is 29.3 Å². The first-order valence-electron chi connectivity index (χ1n) is 9.43. The van der Waals surface area contributed by atoms with Crippen LogP contribution in [0.5, 0.6) is 0 Å². The summed E-state index contributed by atoms with van der Waals surface area (Å²) < 4.78 is 5.68. The average molecular weight is 431 g/mol. The smallest absolute Gasteiger partial charge is 0.412 e. The van der Waals surface area contributed by atoms with E-state index in [0.717, 1.165) is 13.1 Å². The van der Waals surface area contributed by atoms with E-state index in [1.54, 1.807) is 23.1 Å². The number of hydrogen-bond donors (Lipinski definition) is 0. The van der Waals surface area contributed by atoms with Gasteiger partial charge in [-0.1, -0.05) is 17.7 Å². The Balaban J connectivity index is 0.000000806. The largest absolute Gasteiger partial charge is 0.419 e. The zero-order valence-electron chi connectivity index (χ0n) is 16.9. The summed E-state index contributed by atoms with van der Waals surface area (Å²) in [6.45, 7) is 7.89. The Labute approximate surface area is 179 Å². The van der Waals surface area contributed by atoms with Gasteiger partial charge in [-0.25, -0.2) is 19.7 Å². The SMILES string of the molecule is C=CC.CN1CCN(C(=O)OC2c3nccnc3C(=O)N2c2ccc(Cl)cn2)CC1.